The molecule has 7 heteroatoms. The lowest BCUT2D eigenvalue weighted by Crippen LogP contribution is -2.31. The number of H-pyrrole nitrogens is 1. The number of fused-ring (bicyclic) bond motifs is 1. The first-order chi connectivity index (χ1) is 13.2. The van der Waals surface area contributed by atoms with Gasteiger partial charge < -0.3 is 9.54 Å². The third kappa shape index (κ3) is 4.47. The van der Waals surface area contributed by atoms with Crippen LogP contribution in [0.25, 0.3) is 10.9 Å². The Hall–Kier alpha value is -1.70. The lowest BCUT2D eigenvalue weighted by atomic mass is 10.0. The number of carbonyl (C=O) groups is 1. The van der Waals surface area contributed by atoms with E-state index in [2.05, 4.69) is 16.9 Å². The maximum Gasteiger partial charge on any atom is 0.223 e. The average Bonchev–Trinajstić information content (AvgIpc) is 3.27. The molecule has 0 saturated carbocycles. The molecule has 0 radical (unpaired) electrons. The van der Waals surface area contributed by atoms with Crippen LogP contribution in [0.1, 0.15) is 67.5 Å². The Morgan fingerprint density at radius 1 is 1.39 bits per heavy atom. The number of nitrogens with one attached hydrogen (secondary N) is 1. The fraction of sp³-hybridized carbons (Fsp3) is 0.429. The molecule has 0 bridgehead atoms. The number of ketones is 1. The van der Waals surface area contributed by atoms with Gasteiger partial charge in [-0.2, -0.15) is 0 Å². The second kappa shape index (κ2) is 8.35. The van der Waals surface area contributed by atoms with Gasteiger partial charge in [-0.1, -0.05) is 6.92 Å². The van der Waals surface area contributed by atoms with E-state index in [0.717, 1.165) is 18.5 Å². The van der Waals surface area contributed by atoms with Crippen LogP contribution < -0.4 is 0 Å². The van der Waals surface area contributed by atoms with E-state index in [9.17, 15) is 13.7 Å². The van der Waals surface area contributed by atoms with Gasteiger partial charge in [-0.05, 0) is 56.6 Å². The zero-order valence-electron chi connectivity index (χ0n) is 16.5. The Bertz CT molecular complexity index is 974. The summed E-state index contributed by atoms with van der Waals surface area (Å²) in [5.74, 6) is 0.295. The number of thiazole rings is 1. The molecule has 3 rings (SSSR count). The number of aromatic amines is 1. The number of halogens is 1. The van der Waals surface area contributed by atoms with Crippen LogP contribution in [0.3, 0.4) is 0 Å². The standard InChI is InChI=1S/C21H25FN2O2S2/c1-5-13(8-9-28(26)21(2,3)4)18-12-27-20(24-18)19(25)16-11-23-17-10-14(22)6-7-15(16)17/h6-7,10-13,23H,5,8-9H2,1-4H3/t13-,28?/m1/s1. The minimum Gasteiger partial charge on any atom is -0.616 e. The van der Waals surface area contributed by atoms with Gasteiger partial charge in [0.15, 0.2) is 5.01 Å². The van der Waals surface area contributed by atoms with E-state index in [1.165, 1.54) is 23.5 Å². The highest BCUT2D eigenvalue weighted by Gasteiger charge is 2.27. The quantitative estimate of drug-likeness (QED) is 0.409. The average molecular weight is 421 g/mol. The Morgan fingerprint density at radius 3 is 2.82 bits per heavy atom. The number of hydrogen-bond acceptors (Lipinski definition) is 4. The van der Waals surface area contributed by atoms with Gasteiger partial charge >= 0.3 is 0 Å². The molecule has 1 aromatic carbocycles. The van der Waals surface area contributed by atoms with Crippen molar-refractivity contribution in [1.29, 1.82) is 0 Å². The number of nitrogens with zero attached hydrogens (tertiary/aromatic N) is 1. The van der Waals surface area contributed by atoms with E-state index < -0.39 is 11.2 Å². The van der Waals surface area contributed by atoms with Crippen molar-refractivity contribution in [1.82, 2.24) is 9.97 Å². The van der Waals surface area contributed by atoms with Crippen LogP contribution in [0, 0.1) is 5.82 Å². The highest BCUT2D eigenvalue weighted by atomic mass is 32.2. The molecule has 3 aromatic rings. The van der Waals surface area contributed by atoms with Crippen molar-refractivity contribution in [3.63, 3.8) is 0 Å². The van der Waals surface area contributed by atoms with Gasteiger partial charge in [-0.25, -0.2) is 9.37 Å². The maximum atomic E-state index is 13.4. The second-order valence-electron chi connectivity index (χ2n) is 7.85. The Morgan fingerprint density at radius 2 is 2.14 bits per heavy atom. The summed E-state index contributed by atoms with van der Waals surface area (Å²) in [5, 5.41) is 3.04. The van der Waals surface area contributed by atoms with Crippen LogP contribution in [-0.2, 0) is 11.2 Å². The summed E-state index contributed by atoms with van der Waals surface area (Å²) in [6.07, 6.45) is 3.27. The number of aromatic nitrogens is 2. The van der Waals surface area contributed by atoms with Crippen molar-refractivity contribution in [2.45, 2.75) is 51.2 Å². The molecule has 150 valence electrons. The predicted octanol–water partition coefficient (Wildman–Crippen LogP) is 5.43. The molecule has 2 heterocycles. The fourth-order valence-corrected chi connectivity index (χ4v) is 5.06. The van der Waals surface area contributed by atoms with Crippen LogP contribution in [0.15, 0.2) is 29.8 Å². The molecule has 0 aliphatic heterocycles. The van der Waals surface area contributed by atoms with Crippen LogP contribution >= 0.6 is 11.3 Å². The molecule has 2 aromatic heterocycles. The number of carbonyl (C=O) groups excluding carboxylic acids is 1. The Kier molecular flexibility index (Phi) is 6.27. The minimum absolute atomic E-state index is 0.165. The van der Waals surface area contributed by atoms with Gasteiger partial charge in [0.05, 0.1) is 11.3 Å². The lowest BCUT2D eigenvalue weighted by Gasteiger charge is -2.25. The zero-order valence-corrected chi connectivity index (χ0v) is 18.2. The molecule has 4 nitrogen and oxygen atoms in total. The van der Waals surface area contributed by atoms with E-state index in [1.54, 1.807) is 12.3 Å². The van der Waals surface area contributed by atoms with Crippen molar-refractivity contribution in [2.24, 2.45) is 0 Å². The van der Waals surface area contributed by atoms with Gasteiger partial charge in [0.25, 0.3) is 0 Å². The summed E-state index contributed by atoms with van der Waals surface area (Å²) >= 11 is 0.423. The summed E-state index contributed by atoms with van der Waals surface area (Å²) in [7, 11) is 0. The topological polar surface area (TPSA) is 68.8 Å². The summed E-state index contributed by atoms with van der Waals surface area (Å²) in [6.45, 7) is 8.03. The molecule has 28 heavy (non-hydrogen) atoms. The number of rotatable bonds is 7. The molecular weight excluding hydrogens is 395 g/mol. The molecule has 0 aliphatic rings. The van der Waals surface area contributed by atoms with Gasteiger partial charge in [0.1, 0.15) is 16.3 Å². The minimum atomic E-state index is -0.903. The molecule has 0 fully saturated rings. The van der Waals surface area contributed by atoms with Gasteiger partial charge in [0.2, 0.25) is 5.78 Å². The molecule has 0 saturated heterocycles. The predicted molar refractivity (Wildman–Crippen MR) is 114 cm³/mol. The Balaban J connectivity index is 1.77. The van der Waals surface area contributed by atoms with Crippen molar-refractivity contribution in [3.8, 4) is 0 Å². The number of hydrogen-bond donors (Lipinski definition) is 1. The first kappa shape index (κ1) is 21.0. The SMILES string of the molecule is CC[C@H](CC[S+]([O-])C(C)(C)C)c1csc(C(=O)c2c[nH]c3cc(F)ccc23)n1. The first-order valence-corrected chi connectivity index (χ1v) is 11.6. The van der Waals surface area contributed by atoms with Crippen LogP contribution in [0.2, 0.25) is 0 Å². The first-order valence-electron chi connectivity index (χ1n) is 9.36. The maximum absolute atomic E-state index is 13.4. The summed E-state index contributed by atoms with van der Waals surface area (Å²) in [6, 6.07) is 4.34. The second-order valence-corrected chi connectivity index (χ2v) is 11.0. The van der Waals surface area contributed by atoms with Gasteiger partial charge in [0, 0.05) is 34.8 Å². The molecule has 1 unspecified atom stereocenters. The third-order valence-corrected chi connectivity index (χ3v) is 7.68. The van der Waals surface area contributed by atoms with Crippen molar-refractivity contribution in [2.75, 3.05) is 5.75 Å². The van der Waals surface area contributed by atoms with Crippen LogP contribution in [0.5, 0.6) is 0 Å². The molecule has 0 amide bonds. The van der Waals surface area contributed by atoms with Crippen molar-refractivity contribution >= 4 is 39.2 Å². The largest absolute Gasteiger partial charge is 0.616 e. The molecule has 2 atom stereocenters. The normalized spacial score (nSPS) is 14.4. The smallest absolute Gasteiger partial charge is 0.223 e. The summed E-state index contributed by atoms with van der Waals surface area (Å²) in [5.41, 5.74) is 1.97. The van der Waals surface area contributed by atoms with E-state index in [0.29, 0.717) is 27.2 Å². The highest BCUT2D eigenvalue weighted by molar-refractivity contribution is 7.92. The van der Waals surface area contributed by atoms with E-state index in [1.807, 2.05) is 26.2 Å². The number of benzene rings is 1. The summed E-state index contributed by atoms with van der Waals surface area (Å²) < 4.78 is 25.5. The van der Waals surface area contributed by atoms with Crippen LogP contribution in [-0.4, -0.2) is 30.8 Å². The molecule has 0 aliphatic carbocycles. The van der Waals surface area contributed by atoms with E-state index in [-0.39, 0.29) is 22.3 Å². The molecule has 0 spiro atoms. The molecule has 1 N–H and O–H groups in total. The van der Waals surface area contributed by atoms with E-state index >= 15 is 0 Å². The molecular formula is C21H25FN2O2S2. The zero-order chi connectivity index (χ0) is 20.5. The van der Waals surface area contributed by atoms with Crippen molar-refractivity contribution < 1.29 is 13.7 Å². The van der Waals surface area contributed by atoms with Gasteiger partial charge in [-0.3, -0.25) is 4.79 Å². The van der Waals surface area contributed by atoms with Crippen molar-refractivity contribution in [3.05, 3.63) is 51.9 Å². The van der Waals surface area contributed by atoms with Gasteiger partial charge in [-0.15, -0.1) is 11.3 Å². The van der Waals surface area contributed by atoms with Crippen LogP contribution in [0.4, 0.5) is 4.39 Å². The lowest BCUT2D eigenvalue weighted by molar-refractivity contribution is 0.103. The fourth-order valence-electron chi connectivity index (χ4n) is 3.10. The Labute approximate surface area is 171 Å². The third-order valence-electron chi connectivity index (χ3n) is 4.85. The monoisotopic (exact) mass is 420 g/mol. The summed E-state index contributed by atoms with van der Waals surface area (Å²) in [4.78, 5) is 20.4. The van der Waals surface area contributed by atoms with E-state index in [4.69, 9.17) is 0 Å². The highest BCUT2D eigenvalue weighted by Crippen LogP contribution is 2.29.